The molecule has 7 rings (SSSR count). The van der Waals surface area contributed by atoms with E-state index < -0.39 is 41.0 Å². The van der Waals surface area contributed by atoms with E-state index in [1.54, 1.807) is 23.1 Å². The van der Waals surface area contributed by atoms with Crippen LogP contribution in [0.1, 0.15) is 76.3 Å². The molecule has 0 radical (unpaired) electrons. The van der Waals surface area contributed by atoms with Crippen LogP contribution in [0, 0.1) is 5.92 Å². The summed E-state index contributed by atoms with van der Waals surface area (Å²) in [5, 5.41) is 8.90. The van der Waals surface area contributed by atoms with Gasteiger partial charge in [-0.2, -0.15) is 13.2 Å². The maximum atomic E-state index is 13.9. The number of imide groups is 1. The largest absolute Gasteiger partial charge is 0.493 e. The molecule has 12 nitrogen and oxygen atoms in total. The van der Waals surface area contributed by atoms with Gasteiger partial charge in [-0.15, -0.1) is 0 Å². The van der Waals surface area contributed by atoms with E-state index in [2.05, 4.69) is 20.9 Å². The Balaban J connectivity index is 0.922. The normalized spacial score (nSPS) is 20.4. The summed E-state index contributed by atoms with van der Waals surface area (Å²) in [6, 6.07) is 13.2. The van der Waals surface area contributed by atoms with Crippen molar-refractivity contribution in [1.29, 1.82) is 0 Å². The van der Waals surface area contributed by atoms with Crippen molar-refractivity contribution in [1.82, 2.24) is 10.2 Å². The van der Waals surface area contributed by atoms with Crippen molar-refractivity contribution in [2.24, 2.45) is 5.92 Å². The second-order valence-corrected chi connectivity index (χ2v) is 16.5. The number of anilines is 5. The number of hydrogen-bond acceptors (Lipinski definition) is 9. The van der Waals surface area contributed by atoms with Crippen LogP contribution in [0.2, 0.25) is 5.02 Å². The first-order valence-corrected chi connectivity index (χ1v) is 20.7. The molecule has 0 aromatic heterocycles. The van der Waals surface area contributed by atoms with Crippen LogP contribution >= 0.6 is 23.8 Å². The Hall–Kier alpha value is -4.93. The summed E-state index contributed by atoms with van der Waals surface area (Å²) in [4.78, 5) is 56.1. The molecular weight excluding hydrogens is 807 g/mol. The first-order valence-electron chi connectivity index (χ1n) is 19.9. The molecule has 1 spiro atoms. The number of nitrogens with zero attached hydrogens (tertiary/aromatic N) is 3. The molecule has 4 fully saturated rings. The van der Waals surface area contributed by atoms with Crippen molar-refractivity contribution >= 4 is 81.0 Å². The molecule has 1 unspecified atom stereocenters. The number of carbonyl (C=O) groups is 4. The van der Waals surface area contributed by atoms with Crippen LogP contribution in [0.3, 0.4) is 0 Å². The average Bonchev–Trinajstić information content (AvgIpc) is 3.41. The molecule has 2 atom stereocenters. The highest BCUT2D eigenvalue weighted by Gasteiger charge is 2.59. The van der Waals surface area contributed by atoms with Gasteiger partial charge in [0.2, 0.25) is 17.7 Å². The molecule has 3 heterocycles. The summed E-state index contributed by atoms with van der Waals surface area (Å²) in [6.07, 6.45) is 1.03. The van der Waals surface area contributed by atoms with Gasteiger partial charge in [0.05, 0.1) is 23.9 Å². The highest BCUT2D eigenvalue weighted by Crippen LogP contribution is 2.49. The van der Waals surface area contributed by atoms with Crippen molar-refractivity contribution in [3.05, 3.63) is 70.7 Å². The third kappa shape index (κ3) is 8.71. The summed E-state index contributed by atoms with van der Waals surface area (Å²) < 4.78 is 47.5. The van der Waals surface area contributed by atoms with E-state index in [4.69, 9.17) is 34.3 Å². The summed E-state index contributed by atoms with van der Waals surface area (Å²) in [5.74, 6) is -0.0929. The molecule has 3 saturated heterocycles. The second kappa shape index (κ2) is 17.0. The van der Waals surface area contributed by atoms with Gasteiger partial charge in [0.15, 0.2) is 5.11 Å². The van der Waals surface area contributed by atoms with Crippen molar-refractivity contribution in [3.8, 4) is 5.75 Å². The lowest BCUT2D eigenvalue weighted by molar-refractivity contribution is -0.137. The number of rotatable bonds is 12. The zero-order valence-electron chi connectivity index (χ0n) is 32.8. The third-order valence-electron chi connectivity index (χ3n) is 12.0. The number of benzene rings is 3. The molecule has 3 aliphatic heterocycles. The number of thiocarbonyl (C=S) groups is 1. The Labute approximate surface area is 350 Å². The maximum Gasteiger partial charge on any atom is 0.418 e. The van der Waals surface area contributed by atoms with Gasteiger partial charge in [-0.05, 0) is 150 Å². The van der Waals surface area contributed by atoms with Gasteiger partial charge < -0.3 is 26.0 Å². The predicted octanol–water partition coefficient (Wildman–Crippen LogP) is 7.29. The van der Waals surface area contributed by atoms with Crippen LogP contribution in [0.15, 0.2) is 54.6 Å². The zero-order chi connectivity index (χ0) is 42.2. The van der Waals surface area contributed by atoms with Gasteiger partial charge in [0, 0.05) is 34.2 Å². The molecule has 3 aromatic rings. The van der Waals surface area contributed by atoms with Gasteiger partial charge in [0.1, 0.15) is 17.3 Å². The molecule has 1 aliphatic carbocycles. The Morgan fingerprint density at radius 3 is 2.41 bits per heavy atom. The van der Waals surface area contributed by atoms with E-state index in [0.717, 1.165) is 62.2 Å². The lowest BCUT2D eigenvalue weighted by Gasteiger charge is -2.43. The minimum atomic E-state index is -4.69. The molecule has 4 amide bonds. The predicted molar refractivity (Wildman–Crippen MR) is 225 cm³/mol. The average molecular weight is 854 g/mol. The van der Waals surface area contributed by atoms with Gasteiger partial charge in [-0.3, -0.25) is 34.3 Å². The maximum absolute atomic E-state index is 13.9. The van der Waals surface area contributed by atoms with Crippen molar-refractivity contribution in [2.75, 3.05) is 45.9 Å². The first kappa shape index (κ1) is 42.2. The van der Waals surface area contributed by atoms with Crippen molar-refractivity contribution in [3.63, 3.8) is 0 Å². The quantitative estimate of drug-likeness (QED) is 0.0832. The molecule has 17 heteroatoms. The van der Waals surface area contributed by atoms with Gasteiger partial charge >= 0.3 is 6.18 Å². The number of carbonyl (C=O) groups excluding carboxylic acids is 4. The van der Waals surface area contributed by atoms with E-state index in [1.165, 1.54) is 11.0 Å². The fraction of sp³-hybridized carbons (Fsp3) is 0.452. The number of alkyl halides is 3. The number of nitrogens with one attached hydrogen (secondary N) is 3. The minimum absolute atomic E-state index is 0.0313. The van der Waals surface area contributed by atoms with Gasteiger partial charge in [-0.25, -0.2) is 0 Å². The topological polar surface area (TPSA) is 149 Å². The third-order valence-corrected chi connectivity index (χ3v) is 12.6. The SMILES string of the molecule is CCc1cc(N2C(=S)N(c3ccc(N)c(C(F)(F)F)c3)C(=O)C23CCC3)ccc1OCCC1CCN([C@@H](C)C(=O)Nc2cc(Cl)cc(NC3CCC(=O)NC3=O)c2)CC1. The number of likely N-dealkylation sites (tertiary alicyclic amines) is 1. The minimum Gasteiger partial charge on any atom is -0.493 e. The summed E-state index contributed by atoms with van der Waals surface area (Å²) >= 11 is 12.2. The van der Waals surface area contributed by atoms with E-state index >= 15 is 0 Å². The second-order valence-electron chi connectivity index (χ2n) is 15.7. The Kier molecular flexibility index (Phi) is 12.1. The van der Waals surface area contributed by atoms with Crippen LogP contribution < -0.4 is 36.2 Å². The number of hydrogen-bond donors (Lipinski definition) is 4. The summed E-state index contributed by atoms with van der Waals surface area (Å²) in [6.45, 7) is 5.86. The molecule has 0 bridgehead atoms. The Morgan fingerprint density at radius 1 is 1.03 bits per heavy atom. The van der Waals surface area contributed by atoms with Gasteiger partial charge in [-0.1, -0.05) is 18.5 Å². The Bertz CT molecular complexity index is 2160. The molecule has 3 aromatic carbocycles. The Morgan fingerprint density at radius 2 is 1.75 bits per heavy atom. The number of piperidine rings is 2. The van der Waals surface area contributed by atoms with Crippen LogP contribution in [-0.4, -0.2) is 71.0 Å². The van der Waals surface area contributed by atoms with E-state index in [-0.39, 0.29) is 34.9 Å². The lowest BCUT2D eigenvalue weighted by Crippen LogP contribution is -2.55. The number of ether oxygens (including phenoxy) is 1. The molecule has 5 N–H and O–H groups in total. The number of nitrogens with two attached hydrogens (primary N) is 1. The number of nitrogen functional groups attached to an aromatic ring is 1. The first-order chi connectivity index (χ1) is 28.1. The molecule has 1 saturated carbocycles. The van der Waals surface area contributed by atoms with Crippen molar-refractivity contribution in [2.45, 2.75) is 95.4 Å². The van der Waals surface area contributed by atoms with E-state index in [0.29, 0.717) is 60.3 Å². The fourth-order valence-corrected chi connectivity index (χ4v) is 9.12. The molecule has 59 heavy (non-hydrogen) atoms. The summed E-state index contributed by atoms with van der Waals surface area (Å²) in [5.41, 5.74) is 5.94. The fourth-order valence-electron chi connectivity index (χ4n) is 8.41. The zero-order valence-corrected chi connectivity index (χ0v) is 34.4. The molecule has 314 valence electrons. The number of amides is 4. The molecule has 4 aliphatic rings. The lowest BCUT2D eigenvalue weighted by atomic mass is 9.75. The van der Waals surface area contributed by atoms with Crippen LogP contribution in [-0.2, 0) is 31.8 Å². The smallest absolute Gasteiger partial charge is 0.418 e. The number of aryl methyl sites for hydroxylation is 1. The van der Waals surface area contributed by atoms with Crippen LogP contribution in [0.4, 0.5) is 41.6 Å². The highest BCUT2D eigenvalue weighted by molar-refractivity contribution is 7.81. The monoisotopic (exact) mass is 853 g/mol. The van der Waals surface area contributed by atoms with E-state index in [9.17, 15) is 32.3 Å². The van der Waals surface area contributed by atoms with E-state index in [1.807, 2.05) is 32.0 Å². The van der Waals surface area contributed by atoms with Crippen molar-refractivity contribution < 1.29 is 37.1 Å². The van der Waals surface area contributed by atoms with Gasteiger partial charge in [0.25, 0.3) is 5.91 Å². The standard InChI is InChI=1S/C42H47ClF3N7O5S/c1-3-26-19-31(53-40(59)52(39(57)41(53)14-4-15-41)30-5-7-33(47)32(23-30)42(44,45)46)6-9-35(26)58-18-13-25-11-16-51(17-12-25)24(2)37(55)49-29-21-27(43)20-28(22-29)48-34-8-10-36(54)50-38(34)56/h5-7,9,19-25,34,48H,3-4,8,10-18,47H2,1-2H3,(H,49,55)(H,50,54,56)/t24-,34?/m0/s1. The van der Waals surface area contributed by atoms with Crippen LogP contribution in [0.25, 0.3) is 0 Å². The number of halogens is 4. The highest BCUT2D eigenvalue weighted by atomic mass is 35.5. The summed E-state index contributed by atoms with van der Waals surface area (Å²) in [7, 11) is 0. The molecular formula is C42H47ClF3N7O5S. The van der Waals surface area contributed by atoms with Crippen LogP contribution in [0.5, 0.6) is 5.75 Å².